The summed E-state index contributed by atoms with van der Waals surface area (Å²) in [4.78, 5) is 3.60. The molecular weight excluding hydrogens is 460 g/mol. The van der Waals surface area contributed by atoms with Gasteiger partial charge in [-0.1, -0.05) is 109 Å². The highest BCUT2D eigenvalue weighted by Crippen LogP contribution is 2.38. The lowest BCUT2D eigenvalue weighted by molar-refractivity contribution is 1.18. The molecule has 0 amide bonds. The van der Waals surface area contributed by atoms with Gasteiger partial charge >= 0.3 is 0 Å². The van der Waals surface area contributed by atoms with Crippen molar-refractivity contribution in [3.8, 4) is 27.9 Å². The molecule has 8 rings (SSSR count). The van der Waals surface area contributed by atoms with E-state index >= 15 is 0 Å². The monoisotopic (exact) mass is 484 g/mol. The molecule has 2 heteroatoms. The fraction of sp³-hybridized carbons (Fsp3) is 0. The number of hydrogen-bond donors (Lipinski definition) is 1. The van der Waals surface area contributed by atoms with Gasteiger partial charge in [0.1, 0.15) is 0 Å². The van der Waals surface area contributed by atoms with Crippen molar-refractivity contribution >= 4 is 43.6 Å². The molecule has 0 unspecified atom stereocenters. The van der Waals surface area contributed by atoms with Crippen LogP contribution in [0.15, 0.2) is 140 Å². The van der Waals surface area contributed by atoms with Crippen LogP contribution >= 0.6 is 0 Å². The second-order valence-electron chi connectivity index (χ2n) is 9.90. The van der Waals surface area contributed by atoms with Crippen molar-refractivity contribution in [2.75, 3.05) is 0 Å². The Bertz CT molecular complexity index is 2130. The molecule has 8 aromatic rings. The van der Waals surface area contributed by atoms with Gasteiger partial charge in [0.15, 0.2) is 0 Å². The third kappa shape index (κ3) is 3.14. The zero-order valence-electron chi connectivity index (χ0n) is 20.7. The van der Waals surface area contributed by atoms with E-state index in [0.29, 0.717) is 0 Å². The number of fused-ring (bicyclic) bond motifs is 6. The van der Waals surface area contributed by atoms with Gasteiger partial charge in [-0.3, -0.25) is 0 Å². The molecule has 2 aromatic heterocycles. The Labute approximate surface area is 220 Å². The van der Waals surface area contributed by atoms with E-state index in [0.717, 1.165) is 0 Å². The van der Waals surface area contributed by atoms with Crippen LogP contribution in [-0.4, -0.2) is 9.55 Å². The maximum Gasteiger partial charge on any atom is 0.0547 e. The van der Waals surface area contributed by atoms with Gasteiger partial charge < -0.3 is 9.55 Å². The maximum absolute atomic E-state index is 3.60. The molecule has 0 saturated heterocycles. The fourth-order valence-corrected chi connectivity index (χ4v) is 5.97. The van der Waals surface area contributed by atoms with E-state index in [4.69, 9.17) is 0 Å². The van der Waals surface area contributed by atoms with Gasteiger partial charge in [0.2, 0.25) is 0 Å². The van der Waals surface area contributed by atoms with Gasteiger partial charge in [0, 0.05) is 38.1 Å². The van der Waals surface area contributed by atoms with E-state index in [-0.39, 0.29) is 0 Å². The minimum absolute atomic E-state index is 1.17. The van der Waals surface area contributed by atoms with Crippen LogP contribution in [0.3, 0.4) is 0 Å². The number of nitrogens with one attached hydrogen (secondary N) is 1. The molecule has 38 heavy (non-hydrogen) atoms. The van der Waals surface area contributed by atoms with Crippen molar-refractivity contribution < 1.29 is 0 Å². The van der Waals surface area contributed by atoms with Crippen molar-refractivity contribution in [3.63, 3.8) is 0 Å². The lowest BCUT2D eigenvalue weighted by Gasteiger charge is -2.14. The van der Waals surface area contributed by atoms with Gasteiger partial charge in [-0.25, -0.2) is 0 Å². The van der Waals surface area contributed by atoms with Crippen LogP contribution in [0.25, 0.3) is 71.6 Å². The molecule has 2 nitrogen and oxygen atoms in total. The van der Waals surface area contributed by atoms with Gasteiger partial charge in [0.05, 0.1) is 16.7 Å². The normalized spacial score (nSPS) is 11.7. The molecule has 0 fully saturated rings. The van der Waals surface area contributed by atoms with E-state index < -0.39 is 0 Å². The van der Waals surface area contributed by atoms with Gasteiger partial charge in [-0.05, 0) is 47.0 Å². The van der Waals surface area contributed by atoms with Crippen LogP contribution in [0, 0.1) is 0 Å². The molecule has 6 aromatic carbocycles. The summed E-state index contributed by atoms with van der Waals surface area (Å²) in [6, 6.07) is 50.3. The molecule has 0 spiro atoms. The second-order valence-corrected chi connectivity index (χ2v) is 9.90. The summed E-state index contributed by atoms with van der Waals surface area (Å²) in [7, 11) is 0. The lowest BCUT2D eigenvalue weighted by Crippen LogP contribution is -1.97. The van der Waals surface area contributed by atoms with Crippen LogP contribution in [-0.2, 0) is 0 Å². The van der Waals surface area contributed by atoms with Crippen LogP contribution in [0.4, 0.5) is 0 Å². The van der Waals surface area contributed by atoms with Crippen molar-refractivity contribution in [1.29, 1.82) is 0 Å². The maximum atomic E-state index is 3.60. The quantitative estimate of drug-likeness (QED) is 0.258. The SMILES string of the molecule is c1ccc(-c2ccccc2-n2c3ccccc3c3ccc(-c4ccc5c(c4)[nH]c4ccccc45)cc32)cc1. The van der Waals surface area contributed by atoms with Crippen LogP contribution < -0.4 is 0 Å². The third-order valence-corrected chi connectivity index (χ3v) is 7.74. The number of para-hydroxylation sites is 3. The van der Waals surface area contributed by atoms with Gasteiger partial charge in [-0.15, -0.1) is 0 Å². The third-order valence-electron chi connectivity index (χ3n) is 7.74. The molecule has 0 saturated carbocycles. The molecule has 0 radical (unpaired) electrons. The molecule has 0 bridgehead atoms. The van der Waals surface area contributed by atoms with E-state index in [1.54, 1.807) is 0 Å². The van der Waals surface area contributed by atoms with E-state index in [1.165, 1.54) is 71.6 Å². The van der Waals surface area contributed by atoms with Crippen LogP contribution in [0.2, 0.25) is 0 Å². The van der Waals surface area contributed by atoms with E-state index in [9.17, 15) is 0 Å². The second kappa shape index (κ2) is 8.22. The Morgan fingerprint density at radius 1 is 0.395 bits per heavy atom. The number of aromatic nitrogens is 2. The Morgan fingerprint density at radius 3 is 1.92 bits per heavy atom. The number of nitrogens with zero attached hydrogens (tertiary/aromatic N) is 1. The zero-order valence-corrected chi connectivity index (χ0v) is 20.7. The van der Waals surface area contributed by atoms with Crippen molar-refractivity contribution in [3.05, 3.63) is 140 Å². The summed E-state index contributed by atoms with van der Waals surface area (Å²) in [5, 5.41) is 5.06. The number of H-pyrrole nitrogens is 1. The van der Waals surface area contributed by atoms with Crippen molar-refractivity contribution in [2.24, 2.45) is 0 Å². The Hall–Kier alpha value is -5.08. The molecule has 0 atom stereocenters. The predicted octanol–water partition coefficient (Wildman–Crippen LogP) is 9.75. The van der Waals surface area contributed by atoms with Crippen LogP contribution in [0.1, 0.15) is 0 Å². The highest BCUT2D eigenvalue weighted by atomic mass is 15.0. The number of rotatable bonds is 3. The minimum Gasteiger partial charge on any atom is -0.354 e. The summed E-state index contributed by atoms with van der Waals surface area (Å²) in [6.07, 6.45) is 0. The fourth-order valence-electron chi connectivity index (χ4n) is 5.97. The molecule has 2 heterocycles. The van der Waals surface area contributed by atoms with E-state index in [1.807, 2.05) is 0 Å². The summed E-state index contributed by atoms with van der Waals surface area (Å²) >= 11 is 0. The molecule has 0 aliphatic heterocycles. The molecule has 0 aliphatic rings. The van der Waals surface area contributed by atoms with E-state index in [2.05, 4.69) is 149 Å². The minimum atomic E-state index is 1.17. The molecule has 1 N–H and O–H groups in total. The zero-order chi connectivity index (χ0) is 25.1. The topological polar surface area (TPSA) is 20.7 Å². The summed E-state index contributed by atoms with van der Waals surface area (Å²) in [5.41, 5.74) is 10.8. The Kier molecular flexibility index (Phi) is 4.55. The molecule has 0 aliphatic carbocycles. The van der Waals surface area contributed by atoms with Crippen molar-refractivity contribution in [1.82, 2.24) is 9.55 Å². The first-order valence-electron chi connectivity index (χ1n) is 13.0. The predicted molar refractivity (Wildman–Crippen MR) is 161 cm³/mol. The first kappa shape index (κ1) is 21.0. The highest BCUT2D eigenvalue weighted by molar-refractivity contribution is 6.11. The average Bonchev–Trinajstić information content (AvgIpc) is 3.52. The standard InChI is InChI=1S/C36H24N2/c1-2-10-24(11-3-1)27-12-5-8-16-34(27)38-35-17-9-6-14-30(35)31-21-19-26(23-36(31)38)25-18-20-29-28-13-4-7-15-32(28)37-33(29)22-25/h1-23,37H. The first-order valence-corrected chi connectivity index (χ1v) is 13.0. The summed E-state index contributed by atoms with van der Waals surface area (Å²) in [6.45, 7) is 0. The lowest BCUT2D eigenvalue weighted by atomic mass is 10.0. The molecule has 178 valence electrons. The van der Waals surface area contributed by atoms with Crippen LogP contribution in [0.5, 0.6) is 0 Å². The number of aromatic amines is 1. The average molecular weight is 485 g/mol. The number of hydrogen-bond acceptors (Lipinski definition) is 0. The first-order chi connectivity index (χ1) is 18.8. The summed E-state index contributed by atoms with van der Waals surface area (Å²) < 4.78 is 2.43. The van der Waals surface area contributed by atoms with Gasteiger partial charge in [0.25, 0.3) is 0 Å². The number of benzene rings is 6. The Morgan fingerprint density at radius 2 is 1.03 bits per heavy atom. The molecular formula is C36H24N2. The summed E-state index contributed by atoms with van der Waals surface area (Å²) in [5.74, 6) is 0. The van der Waals surface area contributed by atoms with Crippen molar-refractivity contribution in [2.45, 2.75) is 0 Å². The Balaban J connectivity index is 1.39. The smallest absolute Gasteiger partial charge is 0.0547 e. The van der Waals surface area contributed by atoms with Gasteiger partial charge in [-0.2, -0.15) is 0 Å². The largest absolute Gasteiger partial charge is 0.354 e. The highest BCUT2D eigenvalue weighted by Gasteiger charge is 2.16.